The van der Waals surface area contributed by atoms with Crippen molar-refractivity contribution in [2.75, 3.05) is 11.9 Å². The molecule has 1 N–H and O–H groups in total. The van der Waals surface area contributed by atoms with Gasteiger partial charge in [-0.05, 0) is 34.5 Å². The van der Waals surface area contributed by atoms with E-state index < -0.39 is 18.8 Å². The Kier molecular flexibility index (Phi) is 5.31. The lowest BCUT2D eigenvalue weighted by Crippen LogP contribution is -2.41. The first kappa shape index (κ1) is 16.6. The second-order valence-electron chi connectivity index (χ2n) is 4.51. The Morgan fingerprint density at radius 2 is 2.00 bits per heavy atom. The van der Waals surface area contributed by atoms with Gasteiger partial charge >= 0.3 is 12.2 Å². The maximum Gasteiger partial charge on any atom is 0.406 e. The first-order valence-corrected chi connectivity index (χ1v) is 7.55. The molecule has 0 unspecified atom stereocenters. The summed E-state index contributed by atoms with van der Waals surface area (Å²) >= 11 is 7.25. The molecule has 1 aromatic carbocycles. The molecule has 2 rings (SSSR count). The number of amides is 2. The molecule has 0 atom stereocenters. The summed E-state index contributed by atoms with van der Waals surface area (Å²) in [6.45, 7) is -1.46. The minimum atomic E-state index is -4.48. The van der Waals surface area contributed by atoms with Crippen molar-refractivity contribution in [2.24, 2.45) is 0 Å². The van der Waals surface area contributed by atoms with E-state index in [0.717, 1.165) is 0 Å². The van der Waals surface area contributed by atoms with Crippen LogP contribution in [0.2, 0.25) is 5.02 Å². The standard InChI is InChI=1S/C14H12ClF3N2OS/c15-11-3-1-2-4-12(11)19-13(21)20(9-14(16,17)18)7-10-5-6-22-8-10/h1-6,8H,7,9H2,(H,19,21). The number of anilines is 1. The molecule has 1 heterocycles. The van der Waals surface area contributed by atoms with Crippen LogP contribution in [0.3, 0.4) is 0 Å². The number of hydrogen-bond donors (Lipinski definition) is 1. The predicted molar refractivity (Wildman–Crippen MR) is 81.3 cm³/mol. The monoisotopic (exact) mass is 348 g/mol. The number of rotatable bonds is 4. The van der Waals surface area contributed by atoms with Gasteiger partial charge < -0.3 is 10.2 Å². The molecule has 0 spiro atoms. The minimum absolute atomic E-state index is 0.126. The Labute approximate surface area is 134 Å². The number of para-hydroxylation sites is 1. The van der Waals surface area contributed by atoms with Crippen molar-refractivity contribution in [3.63, 3.8) is 0 Å². The van der Waals surface area contributed by atoms with Crippen LogP contribution in [0.4, 0.5) is 23.7 Å². The Morgan fingerprint density at radius 1 is 1.27 bits per heavy atom. The van der Waals surface area contributed by atoms with Crippen LogP contribution >= 0.6 is 22.9 Å². The van der Waals surface area contributed by atoms with Crippen LogP contribution in [0, 0.1) is 0 Å². The molecular formula is C14H12ClF3N2OS. The Bertz CT molecular complexity index is 631. The summed E-state index contributed by atoms with van der Waals surface area (Å²) < 4.78 is 38.0. The summed E-state index contributed by atoms with van der Waals surface area (Å²) in [6, 6.07) is 7.19. The number of halogens is 4. The summed E-state index contributed by atoms with van der Waals surface area (Å²) in [5, 5.41) is 6.11. The van der Waals surface area contributed by atoms with Crippen molar-refractivity contribution in [2.45, 2.75) is 12.7 Å². The minimum Gasteiger partial charge on any atom is -0.311 e. The van der Waals surface area contributed by atoms with E-state index in [1.54, 1.807) is 35.0 Å². The van der Waals surface area contributed by atoms with Crippen LogP contribution in [0.25, 0.3) is 0 Å². The van der Waals surface area contributed by atoms with Gasteiger partial charge in [-0.15, -0.1) is 0 Å². The molecule has 3 nitrogen and oxygen atoms in total. The fraction of sp³-hybridized carbons (Fsp3) is 0.214. The zero-order chi connectivity index (χ0) is 16.2. The van der Waals surface area contributed by atoms with Crippen molar-refractivity contribution < 1.29 is 18.0 Å². The zero-order valence-corrected chi connectivity index (χ0v) is 12.8. The van der Waals surface area contributed by atoms with Gasteiger partial charge in [-0.1, -0.05) is 23.7 Å². The lowest BCUT2D eigenvalue weighted by Gasteiger charge is -2.24. The quantitative estimate of drug-likeness (QED) is 0.828. The third-order valence-corrected chi connectivity index (χ3v) is 3.79. The predicted octanol–water partition coefficient (Wildman–Crippen LogP) is 5.00. The molecule has 2 aromatic rings. The van der Waals surface area contributed by atoms with Crippen molar-refractivity contribution in [3.05, 3.63) is 51.7 Å². The van der Waals surface area contributed by atoms with Crippen LogP contribution in [0.1, 0.15) is 5.56 Å². The first-order valence-electron chi connectivity index (χ1n) is 6.23. The van der Waals surface area contributed by atoms with E-state index in [1.165, 1.54) is 17.4 Å². The first-order chi connectivity index (χ1) is 10.3. The normalized spacial score (nSPS) is 11.3. The average molecular weight is 349 g/mol. The lowest BCUT2D eigenvalue weighted by molar-refractivity contribution is -0.140. The van der Waals surface area contributed by atoms with Crippen LogP contribution in [0.5, 0.6) is 0 Å². The Hall–Kier alpha value is -1.73. The highest BCUT2D eigenvalue weighted by atomic mass is 35.5. The molecule has 0 radical (unpaired) electrons. The van der Waals surface area contributed by atoms with Crippen molar-refractivity contribution >= 4 is 34.7 Å². The summed E-state index contributed by atoms with van der Waals surface area (Å²) in [4.78, 5) is 12.8. The second-order valence-corrected chi connectivity index (χ2v) is 5.70. The van der Waals surface area contributed by atoms with Crippen LogP contribution in [-0.2, 0) is 6.54 Å². The van der Waals surface area contributed by atoms with Crippen molar-refractivity contribution in [1.29, 1.82) is 0 Å². The molecule has 0 fully saturated rings. The van der Waals surface area contributed by atoms with Gasteiger partial charge in [-0.25, -0.2) is 4.79 Å². The summed E-state index contributed by atoms with van der Waals surface area (Å²) in [6.07, 6.45) is -4.48. The van der Waals surface area contributed by atoms with Crippen LogP contribution in [-0.4, -0.2) is 23.7 Å². The van der Waals surface area contributed by atoms with Gasteiger partial charge in [0.1, 0.15) is 6.54 Å². The second kappa shape index (κ2) is 7.02. The smallest absolute Gasteiger partial charge is 0.311 e. The highest BCUT2D eigenvalue weighted by molar-refractivity contribution is 7.07. The van der Waals surface area contributed by atoms with E-state index in [1.807, 2.05) is 0 Å². The van der Waals surface area contributed by atoms with Gasteiger partial charge in [-0.3, -0.25) is 0 Å². The van der Waals surface area contributed by atoms with E-state index >= 15 is 0 Å². The van der Waals surface area contributed by atoms with Gasteiger partial charge in [0.2, 0.25) is 0 Å². The molecule has 118 valence electrons. The van der Waals surface area contributed by atoms with E-state index in [9.17, 15) is 18.0 Å². The largest absolute Gasteiger partial charge is 0.406 e. The molecule has 0 aliphatic rings. The van der Waals surface area contributed by atoms with Crippen LogP contribution < -0.4 is 5.32 Å². The maximum absolute atomic E-state index is 12.7. The highest BCUT2D eigenvalue weighted by Crippen LogP contribution is 2.23. The Balaban J connectivity index is 2.13. The molecule has 1 aromatic heterocycles. The van der Waals surface area contributed by atoms with Gasteiger partial charge in [-0.2, -0.15) is 24.5 Å². The van der Waals surface area contributed by atoms with E-state index in [2.05, 4.69) is 5.32 Å². The molecule has 22 heavy (non-hydrogen) atoms. The number of hydrogen-bond acceptors (Lipinski definition) is 2. The number of nitrogens with zero attached hydrogens (tertiary/aromatic N) is 1. The number of urea groups is 1. The van der Waals surface area contributed by atoms with Gasteiger partial charge in [0.25, 0.3) is 0 Å². The molecule has 0 aliphatic carbocycles. The van der Waals surface area contributed by atoms with Crippen molar-refractivity contribution in [1.82, 2.24) is 4.90 Å². The molecule has 0 saturated carbocycles. The number of nitrogens with one attached hydrogen (secondary N) is 1. The number of carbonyl (C=O) groups is 1. The molecule has 0 saturated heterocycles. The summed E-state index contributed by atoms with van der Waals surface area (Å²) in [7, 11) is 0. The van der Waals surface area contributed by atoms with E-state index in [0.29, 0.717) is 10.5 Å². The molecule has 8 heteroatoms. The molecule has 0 aliphatic heterocycles. The summed E-state index contributed by atoms with van der Waals surface area (Å²) in [5.74, 6) is 0. The van der Waals surface area contributed by atoms with E-state index in [-0.39, 0.29) is 17.3 Å². The highest BCUT2D eigenvalue weighted by Gasteiger charge is 2.33. The van der Waals surface area contributed by atoms with Gasteiger partial charge in [0.05, 0.1) is 10.7 Å². The van der Waals surface area contributed by atoms with Crippen LogP contribution in [0.15, 0.2) is 41.1 Å². The third-order valence-electron chi connectivity index (χ3n) is 2.73. The number of benzene rings is 1. The average Bonchev–Trinajstić information content (AvgIpc) is 2.92. The third kappa shape index (κ3) is 4.92. The fourth-order valence-electron chi connectivity index (χ4n) is 1.78. The molecule has 0 bridgehead atoms. The SMILES string of the molecule is O=C(Nc1ccccc1Cl)N(Cc1ccsc1)CC(F)(F)F. The number of alkyl halides is 3. The number of thiophene rings is 1. The van der Waals surface area contributed by atoms with E-state index in [4.69, 9.17) is 11.6 Å². The topological polar surface area (TPSA) is 32.3 Å². The van der Waals surface area contributed by atoms with Crippen molar-refractivity contribution in [3.8, 4) is 0 Å². The lowest BCUT2D eigenvalue weighted by atomic mass is 10.3. The van der Waals surface area contributed by atoms with Gasteiger partial charge in [0, 0.05) is 6.54 Å². The number of carbonyl (C=O) groups excluding carboxylic acids is 1. The molecular weight excluding hydrogens is 337 g/mol. The molecule has 2 amide bonds. The van der Waals surface area contributed by atoms with Gasteiger partial charge in [0.15, 0.2) is 0 Å². The Morgan fingerprint density at radius 3 is 2.59 bits per heavy atom. The fourth-order valence-corrected chi connectivity index (χ4v) is 2.62. The zero-order valence-electron chi connectivity index (χ0n) is 11.2. The summed E-state index contributed by atoms with van der Waals surface area (Å²) in [5.41, 5.74) is 0.912. The maximum atomic E-state index is 12.7.